The standard InChI is InChI=1S/C28H29NO5/c1-19-12-13-20(2)25(18-19)34-24-16-14-23(15-17-24)29-26(30)10-7-11-27(31)33-21(3)28(32)22-8-5-4-6-9-22/h4-6,8-9,12-18,21H,7,10-11H2,1-3H3,(H,29,30). The van der Waals surface area contributed by atoms with E-state index in [1.54, 1.807) is 55.5 Å². The molecule has 1 N–H and O–H groups in total. The van der Waals surface area contributed by atoms with E-state index >= 15 is 0 Å². The fraction of sp³-hybridized carbons (Fsp3) is 0.250. The molecular formula is C28H29NO5. The Labute approximate surface area is 199 Å². The molecule has 34 heavy (non-hydrogen) atoms. The van der Waals surface area contributed by atoms with Crippen LogP contribution in [0.3, 0.4) is 0 Å². The van der Waals surface area contributed by atoms with E-state index < -0.39 is 12.1 Å². The Hall–Kier alpha value is -3.93. The number of anilines is 1. The van der Waals surface area contributed by atoms with E-state index in [9.17, 15) is 14.4 Å². The van der Waals surface area contributed by atoms with Gasteiger partial charge in [0, 0.05) is 24.1 Å². The molecule has 0 aliphatic rings. The van der Waals surface area contributed by atoms with Gasteiger partial charge in [-0.1, -0.05) is 42.5 Å². The largest absolute Gasteiger partial charge is 0.457 e. The molecule has 0 saturated carbocycles. The van der Waals surface area contributed by atoms with Crippen molar-refractivity contribution in [1.82, 2.24) is 0 Å². The molecule has 3 aromatic rings. The lowest BCUT2D eigenvalue weighted by Gasteiger charge is -2.12. The van der Waals surface area contributed by atoms with Gasteiger partial charge in [0.1, 0.15) is 11.5 Å². The number of Topliss-reactive ketones (excluding diaryl/α,β-unsaturated/α-hetero) is 1. The minimum absolute atomic E-state index is 0.0580. The average Bonchev–Trinajstić information content (AvgIpc) is 2.82. The minimum Gasteiger partial charge on any atom is -0.457 e. The molecule has 176 valence electrons. The van der Waals surface area contributed by atoms with Gasteiger partial charge in [0.05, 0.1) is 0 Å². The molecular weight excluding hydrogens is 430 g/mol. The second kappa shape index (κ2) is 11.8. The molecule has 1 unspecified atom stereocenters. The average molecular weight is 460 g/mol. The van der Waals surface area contributed by atoms with Gasteiger partial charge in [-0.15, -0.1) is 0 Å². The summed E-state index contributed by atoms with van der Waals surface area (Å²) in [5.41, 5.74) is 3.29. The van der Waals surface area contributed by atoms with Gasteiger partial charge in [0.15, 0.2) is 6.10 Å². The number of carbonyl (C=O) groups is 3. The summed E-state index contributed by atoms with van der Waals surface area (Å²) in [6.45, 7) is 5.55. The second-order valence-electron chi connectivity index (χ2n) is 8.16. The van der Waals surface area contributed by atoms with Gasteiger partial charge in [-0.05, 0) is 68.7 Å². The Morgan fingerprint density at radius 2 is 1.59 bits per heavy atom. The first kappa shape index (κ1) is 24.7. The maximum atomic E-state index is 12.3. The van der Waals surface area contributed by atoms with Crippen LogP contribution in [0, 0.1) is 13.8 Å². The summed E-state index contributed by atoms with van der Waals surface area (Å²) >= 11 is 0. The third-order valence-corrected chi connectivity index (χ3v) is 5.23. The molecule has 0 aliphatic heterocycles. The minimum atomic E-state index is -0.868. The van der Waals surface area contributed by atoms with Crippen LogP contribution in [0.2, 0.25) is 0 Å². The smallest absolute Gasteiger partial charge is 0.306 e. The second-order valence-corrected chi connectivity index (χ2v) is 8.16. The van der Waals surface area contributed by atoms with Crippen molar-refractivity contribution in [2.45, 2.75) is 46.1 Å². The van der Waals surface area contributed by atoms with Crippen molar-refractivity contribution >= 4 is 23.3 Å². The van der Waals surface area contributed by atoms with Crippen molar-refractivity contribution in [2.24, 2.45) is 0 Å². The molecule has 0 radical (unpaired) electrons. The molecule has 3 aromatic carbocycles. The number of benzene rings is 3. The SMILES string of the molecule is Cc1ccc(C)c(Oc2ccc(NC(=O)CCCC(=O)OC(C)C(=O)c3ccccc3)cc2)c1. The van der Waals surface area contributed by atoms with Crippen LogP contribution in [0.25, 0.3) is 0 Å². The summed E-state index contributed by atoms with van der Waals surface area (Å²) in [5.74, 6) is 0.510. The zero-order valence-electron chi connectivity index (χ0n) is 19.7. The van der Waals surface area contributed by atoms with Gasteiger partial charge in [-0.25, -0.2) is 0 Å². The number of hydrogen-bond donors (Lipinski definition) is 1. The van der Waals surface area contributed by atoms with Crippen molar-refractivity contribution in [2.75, 3.05) is 5.32 Å². The number of aryl methyl sites for hydroxylation is 2. The van der Waals surface area contributed by atoms with Crippen LogP contribution in [0.4, 0.5) is 5.69 Å². The number of ketones is 1. The van der Waals surface area contributed by atoms with Crippen LogP contribution in [0.1, 0.15) is 47.7 Å². The highest BCUT2D eigenvalue weighted by molar-refractivity contribution is 6.00. The van der Waals surface area contributed by atoms with Crippen LogP contribution < -0.4 is 10.1 Å². The number of esters is 1. The van der Waals surface area contributed by atoms with Gasteiger partial charge >= 0.3 is 5.97 Å². The van der Waals surface area contributed by atoms with E-state index in [1.807, 2.05) is 38.1 Å². The molecule has 0 aliphatic carbocycles. The fourth-order valence-corrected chi connectivity index (χ4v) is 3.31. The lowest BCUT2D eigenvalue weighted by atomic mass is 10.1. The normalized spacial score (nSPS) is 11.4. The number of nitrogens with one attached hydrogen (secondary N) is 1. The fourth-order valence-electron chi connectivity index (χ4n) is 3.31. The molecule has 0 spiro atoms. The zero-order valence-corrected chi connectivity index (χ0v) is 19.7. The molecule has 0 saturated heterocycles. The number of rotatable bonds is 10. The Morgan fingerprint density at radius 3 is 2.29 bits per heavy atom. The lowest BCUT2D eigenvalue weighted by Crippen LogP contribution is -2.24. The van der Waals surface area contributed by atoms with Crippen LogP contribution in [0.5, 0.6) is 11.5 Å². The Kier molecular flexibility index (Phi) is 8.57. The van der Waals surface area contributed by atoms with Gasteiger partial charge < -0.3 is 14.8 Å². The predicted octanol–water partition coefficient (Wildman–Crippen LogP) is 6.02. The third kappa shape index (κ3) is 7.30. The van der Waals surface area contributed by atoms with Crippen molar-refractivity contribution in [1.29, 1.82) is 0 Å². The van der Waals surface area contributed by atoms with Gasteiger partial charge in [0.2, 0.25) is 11.7 Å². The van der Waals surface area contributed by atoms with E-state index in [4.69, 9.17) is 9.47 Å². The summed E-state index contributed by atoms with van der Waals surface area (Å²) in [6.07, 6.45) is -0.322. The van der Waals surface area contributed by atoms with E-state index in [0.29, 0.717) is 23.4 Å². The predicted molar refractivity (Wildman–Crippen MR) is 131 cm³/mol. The molecule has 1 atom stereocenters. The van der Waals surface area contributed by atoms with E-state index in [0.717, 1.165) is 16.9 Å². The summed E-state index contributed by atoms with van der Waals surface area (Å²) < 4.78 is 11.1. The molecule has 0 aromatic heterocycles. The van der Waals surface area contributed by atoms with Gasteiger partial charge in [0.25, 0.3) is 0 Å². The topological polar surface area (TPSA) is 81.7 Å². The first-order chi connectivity index (χ1) is 16.3. The number of ether oxygens (including phenoxy) is 2. The zero-order chi connectivity index (χ0) is 24.5. The number of amides is 1. The van der Waals surface area contributed by atoms with Crippen LogP contribution in [-0.2, 0) is 14.3 Å². The maximum absolute atomic E-state index is 12.3. The van der Waals surface area contributed by atoms with E-state index in [2.05, 4.69) is 5.32 Å². The van der Waals surface area contributed by atoms with Crippen LogP contribution in [-0.4, -0.2) is 23.8 Å². The third-order valence-electron chi connectivity index (χ3n) is 5.23. The van der Waals surface area contributed by atoms with Crippen molar-refractivity contribution < 1.29 is 23.9 Å². The van der Waals surface area contributed by atoms with E-state index in [1.165, 1.54) is 0 Å². The highest BCUT2D eigenvalue weighted by atomic mass is 16.5. The summed E-state index contributed by atoms with van der Waals surface area (Å²) in [6, 6.07) is 21.8. The van der Waals surface area contributed by atoms with Gasteiger partial charge in [-0.3, -0.25) is 14.4 Å². The molecule has 0 fully saturated rings. The summed E-state index contributed by atoms with van der Waals surface area (Å²) in [7, 11) is 0. The Morgan fingerprint density at radius 1 is 0.882 bits per heavy atom. The van der Waals surface area contributed by atoms with Crippen molar-refractivity contribution in [3.63, 3.8) is 0 Å². The first-order valence-electron chi connectivity index (χ1n) is 11.3. The first-order valence-corrected chi connectivity index (χ1v) is 11.3. The molecule has 1 amide bonds. The lowest BCUT2D eigenvalue weighted by molar-refractivity contribution is -0.146. The summed E-state index contributed by atoms with van der Waals surface area (Å²) in [5, 5.41) is 2.81. The number of carbonyl (C=O) groups excluding carboxylic acids is 3. The molecule has 6 heteroatoms. The Balaban J connectivity index is 1.40. The maximum Gasteiger partial charge on any atom is 0.306 e. The molecule has 3 rings (SSSR count). The Bertz CT molecular complexity index is 1140. The van der Waals surface area contributed by atoms with E-state index in [-0.39, 0.29) is 24.5 Å². The number of hydrogen-bond acceptors (Lipinski definition) is 5. The molecule has 0 heterocycles. The van der Waals surface area contributed by atoms with Gasteiger partial charge in [-0.2, -0.15) is 0 Å². The summed E-state index contributed by atoms with van der Waals surface area (Å²) in [4.78, 5) is 36.5. The van der Waals surface area contributed by atoms with Crippen LogP contribution >= 0.6 is 0 Å². The monoisotopic (exact) mass is 459 g/mol. The highest BCUT2D eigenvalue weighted by Gasteiger charge is 2.19. The molecule has 6 nitrogen and oxygen atoms in total. The van der Waals surface area contributed by atoms with Crippen molar-refractivity contribution in [3.05, 3.63) is 89.5 Å². The molecule has 0 bridgehead atoms. The van der Waals surface area contributed by atoms with Crippen LogP contribution in [0.15, 0.2) is 72.8 Å². The highest BCUT2D eigenvalue weighted by Crippen LogP contribution is 2.27. The quantitative estimate of drug-likeness (QED) is 0.296. The van der Waals surface area contributed by atoms with Crippen molar-refractivity contribution in [3.8, 4) is 11.5 Å².